The zero-order chi connectivity index (χ0) is 19.1. The second-order valence-electron chi connectivity index (χ2n) is 8.18. The van der Waals surface area contributed by atoms with Gasteiger partial charge in [-0.15, -0.1) is 0 Å². The number of nitrogens with zero attached hydrogens (tertiary/aromatic N) is 1. The molecule has 1 saturated heterocycles. The van der Waals surface area contributed by atoms with E-state index in [4.69, 9.17) is 0 Å². The third-order valence-corrected chi connectivity index (χ3v) is 5.65. The van der Waals surface area contributed by atoms with Gasteiger partial charge in [0.1, 0.15) is 0 Å². The van der Waals surface area contributed by atoms with Crippen LogP contribution in [0.1, 0.15) is 117 Å². The lowest BCUT2D eigenvalue weighted by molar-refractivity contribution is 0.0198. The number of β-amino-alcohol motifs (C(OH)–C–C–N with tert-alkyl or cyclic N) is 1. The average molecular weight is 369 g/mol. The van der Waals surface area contributed by atoms with Crippen molar-refractivity contribution in [2.75, 3.05) is 13.1 Å². The lowest BCUT2D eigenvalue weighted by Gasteiger charge is -2.21. The number of unbranched alkanes of at least 4 members (excludes halogenated alkanes) is 14. The van der Waals surface area contributed by atoms with Gasteiger partial charge in [-0.05, 0) is 19.8 Å². The molecule has 2 N–H and O–H groups in total. The van der Waals surface area contributed by atoms with Crippen molar-refractivity contribution >= 4 is 6.03 Å². The number of hydrogen-bond acceptors (Lipinski definition) is 2. The molecule has 0 saturated carbocycles. The number of urea groups is 1. The molecule has 0 aromatic heterocycles. The highest BCUT2D eigenvalue weighted by Gasteiger charge is 2.39. The Hall–Kier alpha value is -0.770. The second-order valence-corrected chi connectivity index (χ2v) is 8.18. The minimum atomic E-state index is -0.996. The first-order chi connectivity index (χ1) is 12.6. The molecule has 2 amide bonds. The predicted molar refractivity (Wildman–Crippen MR) is 110 cm³/mol. The van der Waals surface area contributed by atoms with Crippen molar-refractivity contribution in [3.63, 3.8) is 0 Å². The highest BCUT2D eigenvalue weighted by molar-refractivity contribution is 5.77. The van der Waals surface area contributed by atoms with E-state index in [1.807, 2.05) is 6.92 Å². The monoisotopic (exact) mass is 368 g/mol. The van der Waals surface area contributed by atoms with Gasteiger partial charge in [0.25, 0.3) is 0 Å². The maximum absolute atomic E-state index is 11.6. The Morgan fingerprint density at radius 1 is 0.808 bits per heavy atom. The molecule has 1 fully saturated rings. The smallest absolute Gasteiger partial charge is 0.319 e. The largest absolute Gasteiger partial charge is 0.369 e. The van der Waals surface area contributed by atoms with Crippen molar-refractivity contribution in [2.45, 2.75) is 122 Å². The van der Waals surface area contributed by atoms with Crippen LogP contribution in [0.4, 0.5) is 4.79 Å². The molecule has 0 bridgehead atoms. The van der Waals surface area contributed by atoms with Gasteiger partial charge >= 0.3 is 6.03 Å². The van der Waals surface area contributed by atoms with Gasteiger partial charge in [0.15, 0.2) is 5.72 Å². The normalized spacial score (nSPS) is 20.0. The van der Waals surface area contributed by atoms with Gasteiger partial charge in [0.2, 0.25) is 0 Å². The SMILES string of the molecule is CCCCCCCCCCCCCCCCCC1(O)CN(CC)C(=O)N1. The molecule has 1 aliphatic heterocycles. The number of aliphatic hydroxyl groups is 1. The van der Waals surface area contributed by atoms with Gasteiger partial charge in [-0.2, -0.15) is 0 Å². The summed E-state index contributed by atoms with van der Waals surface area (Å²) in [5.74, 6) is 0. The molecule has 154 valence electrons. The number of likely N-dealkylation sites (N-methyl/N-ethyl adjacent to an activating group) is 1. The Balaban J connectivity index is 1.82. The molecule has 1 heterocycles. The zero-order valence-electron chi connectivity index (χ0n) is 17.5. The van der Waals surface area contributed by atoms with Crippen LogP contribution in [0.2, 0.25) is 0 Å². The van der Waals surface area contributed by atoms with E-state index in [1.165, 1.54) is 83.5 Å². The maximum Gasteiger partial charge on any atom is 0.319 e. The highest BCUT2D eigenvalue weighted by atomic mass is 16.3. The Morgan fingerprint density at radius 3 is 1.62 bits per heavy atom. The van der Waals surface area contributed by atoms with Gasteiger partial charge in [-0.25, -0.2) is 4.79 Å². The first kappa shape index (κ1) is 23.3. The molecule has 4 heteroatoms. The average Bonchev–Trinajstić information content (AvgIpc) is 2.92. The van der Waals surface area contributed by atoms with Crippen LogP contribution < -0.4 is 5.32 Å². The molecule has 26 heavy (non-hydrogen) atoms. The van der Waals surface area contributed by atoms with Crippen LogP contribution in [-0.4, -0.2) is 34.9 Å². The Kier molecular flexibility index (Phi) is 12.8. The summed E-state index contributed by atoms with van der Waals surface area (Å²) in [6, 6.07) is -0.129. The number of rotatable bonds is 17. The summed E-state index contributed by atoms with van der Waals surface area (Å²) in [4.78, 5) is 13.3. The van der Waals surface area contributed by atoms with Crippen LogP contribution in [0.3, 0.4) is 0 Å². The molecule has 1 atom stereocenters. The van der Waals surface area contributed by atoms with E-state index in [0.717, 1.165) is 12.8 Å². The predicted octanol–water partition coefficient (Wildman–Crippen LogP) is 5.98. The van der Waals surface area contributed by atoms with E-state index in [2.05, 4.69) is 12.2 Å². The molecule has 4 nitrogen and oxygen atoms in total. The van der Waals surface area contributed by atoms with Crippen molar-refractivity contribution in [2.24, 2.45) is 0 Å². The van der Waals surface area contributed by atoms with Gasteiger partial charge in [0.05, 0.1) is 6.54 Å². The van der Waals surface area contributed by atoms with Crippen molar-refractivity contribution < 1.29 is 9.90 Å². The van der Waals surface area contributed by atoms with Crippen LogP contribution in [0, 0.1) is 0 Å². The molecule has 0 aliphatic carbocycles. The summed E-state index contributed by atoms with van der Waals surface area (Å²) in [7, 11) is 0. The standard InChI is InChI=1S/C22H44N2O2/c1-3-5-6-7-8-9-10-11-12-13-14-15-16-17-18-19-22(26)20-24(4-2)21(25)23-22/h26H,3-20H2,1-2H3,(H,23,25). The number of nitrogens with one attached hydrogen (secondary N) is 1. The Bertz CT molecular complexity index is 362. The molecule has 1 aliphatic rings. The molecule has 0 aromatic carbocycles. The third kappa shape index (κ3) is 10.4. The lowest BCUT2D eigenvalue weighted by Crippen LogP contribution is -2.43. The van der Waals surface area contributed by atoms with Crippen LogP contribution in [-0.2, 0) is 0 Å². The summed E-state index contributed by atoms with van der Waals surface area (Å²) < 4.78 is 0. The molecular formula is C22H44N2O2. The fraction of sp³-hybridized carbons (Fsp3) is 0.955. The minimum Gasteiger partial charge on any atom is -0.369 e. The summed E-state index contributed by atoms with van der Waals surface area (Å²) in [5.41, 5.74) is -0.996. The number of carbonyl (C=O) groups is 1. The van der Waals surface area contributed by atoms with E-state index in [1.54, 1.807) is 4.90 Å². The van der Waals surface area contributed by atoms with Gasteiger partial charge in [-0.1, -0.05) is 96.8 Å². The minimum absolute atomic E-state index is 0.129. The third-order valence-electron chi connectivity index (χ3n) is 5.65. The summed E-state index contributed by atoms with van der Waals surface area (Å²) >= 11 is 0. The summed E-state index contributed by atoms with van der Waals surface area (Å²) in [6.45, 7) is 5.31. The Labute approximate surface area is 162 Å². The van der Waals surface area contributed by atoms with Gasteiger partial charge in [-0.3, -0.25) is 0 Å². The topological polar surface area (TPSA) is 52.6 Å². The Morgan fingerprint density at radius 2 is 1.23 bits per heavy atom. The summed E-state index contributed by atoms with van der Waals surface area (Å²) in [5, 5.41) is 13.1. The molecule has 1 unspecified atom stereocenters. The molecular weight excluding hydrogens is 324 g/mol. The van der Waals surface area contributed by atoms with Gasteiger partial charge in [0, 0.05) is 6.54 Å². The second kappa shape index (κ2) is 14.3. The van der Waals surface area contributed by atoms with Crippen LogP contribution in [0.5, 0.6) is 0 Å². The van der Waals surface area contributed by atoms with Crippen LogP contribution in [0.15, 0.2) is 0 Å². The summed E-state index contributed by atoms with van der Waals surface area (Å²) in [6.07, 6.45) is 20.8. The molecule has 0 spiro atoms. The van der Waals surface area contributed by atoms with Crippen molar-refractivity contribution in [3.05, 3.63) is 0 Å². The number of hydrogen-bond donors (Lipinski definition) is 2. The number of amides is 2. The van der Waals surface area contributed by atoms with E-state index >= 15 is 0 Å². The van der Waals surface area contributed by atoms with Gasteiger partial charge < -0.3 is 15.3 Å². The first-order valence-electron chi connectivity index (χ1n) is 11.4. The quantitative estimate of drug-likeness (QED) is 0.310. The van der Waals surface area contributed by atoms with Crippen LogP contribution >= 0.6 is 0 Å². The van der Waals surface area contributed by atoms with Crippen molar-refractivity contribution in [1.82, 2.24) is 10.2 Å². The van der Waals surface area contributed by atoms with E-state index in [0.29, 0.717) is 19.5 Å². The lowest BCUT2D eigenvalue weighted by atomic mass is 10.0. The van der Waals surface area contributed by atoms with E-state index in [9.17, 15) is 9.90 Å². The first-order valence-corrected chi connectivity index (χ1v) is 11.4. The van der Waals surface area contributed by atoms with Crippen molar-refractivity contribution in [3.8, 4) is 0 Å². The van der Waals surface area contributed by atoms with Crippen LogP contribution in [0.25, 0.3) is 0 Å². The fourth-order valence-electron chi connectivity index (χ4n) is 3.89. The zero-order valence-corrected chi connectivity index (χ0v) is 17.5. The molecule has 0 radical (unpaired) electrons. The molecule has 0 aromatic rings. The van der Waals surface area contributed by atoms with E-state index in [-0.39, 0.29) is 6.03 Å². The number of carbonyl (C=O) groups excluding carboxylic acids is 1. The van der Waals surface area contributed by atoms with Crippen molar-refractivity contribution in [1.29, 1.82) is 0 Å². The fourth-order valence-corrected chi connectivity index (χ4v) is 3.89. The molecule has 1 rings (SSSR count). The van der Waals surface area contributed by atoms with E-state index < -0.39 is 5.72 Å². The maximum atomic E-state index is 11.6. The highest BCUT2D eigenvalue weighted by Crippen LogP contribution is 2.20.